The molecule has 6 heteroatoms. The molecule has 1 aromatic heterocycles. The Balaban J connectivity index is 1.66. The average molecular weight is 292 g/mol. The van der Waals surface area contributed by atoms with Crippen molar-refractivity contribution in [1.29, 1.82) is 0 Å². The highest BCUT2D eigenvalue weighted by Gasteiger charge is 2.21. The maximum Gasteiger partial charge on any atom is 0.185 e. The number of thiazole rings is 1. The van der Waals surface area contributed by atoms with Gasteiger partial charge in [-0.3, -0.25) is 0 Å². The number of hydrogen-bond donors (Lipinski definition) is 1. The van der Waals surface area contributed by atoms with E-state index in [1.54, 1.807) is 17.4 Å². The number of nitrogens with zero attached hydrogens (tertiary/aromatic N) is 3. The Kier molecular flexibility index (Phi) is 3.84. The molecule has 0 unspecified atom stereocenters. The van der Waals surface area contributed by atoms with E-state index in [0.717, 1.165) is 36.2 Å². The standard InChI is InChI=1S/C14H17FN4S/c15-12-3-1-2-4-13(12)18-5-7-19(8-6-18)14-17-10-11(9-16)20-14/h1-4,10H,5-9,16H2. The Hall–Kier alpha value is -1.66. The first kappa shape index (κ1) is 13.3. The highest BCUT2D eigenvalue weighted by molar-refractivity contribution is 7.15. The lowest BCUT2D eigenvalue weighted by Crippen LogP contribution is -2.46. The summed E-state index contributed by atoms with van der Waals surface area (Å²) in [6.45, 7) is 3.85. The third-order valence-corrected chi connectivity index (χ3v) is 4.57. The molecule has 1 saturated heterocycles. The van der Waals surface area contributed by atoms with Crippen LogP contribution in [0.3, 0.4) is 0 Å². The van der Waals surface area contributed by atoms with E-state index in [9.17, 15) is 4.39 Å². The molecular weight excluding hydrogens is 275 g/mol. The van der Waals surface area contributed by atoms with Crippen LogP contribution in [0.25, 0.3) is 0 Å². The number of rotatable bonds is 3. The maximum absolute atomic E-state index is 13.8. The van der Waals surface area contributed by atoms with Crippen LogP contribution in [-0.4, -0.2) is 31.2 Å². The van der Waals surface area contributed by atoms with E-state index >= 15 is 0 Å². The largest absolute Gasteiger partial charge is 0.366 e. The van der Waals surface area contributed by atoms with Gasteiger partial charge in [0.25, 0.3) is 0 Å². The number of para-hydroxylation sites is 1. The normalized spacial score (nSPS) is 15.7. The Morgan fingerprint density at radius 1 is 1.15 bits per heavy atom. The smallest absolute Gasteiger partial charge is 0.185 e. The molecule has 1 aliphatic rings. The van der Waals surface area contributed by atoms with Gasteiger partial charge in [0.1, 0.15) is 5.82 Å². The van der Waals surface area contributed by atoms with Crippen molar-refractivity contribution < 1.29 is 4.39 Å². The second-order valence-electron chi connectivity index (χ2n) is 4.74. The minimum atomic E-state index is -0.152. The van der Waals surface area contributed by atoms with Gasteiger partial charge in [-0.05, 0) is 12.1 Å². The quantitative estimate of drug-likeness (QED) is 0.940. The zero-order chi connectivity index (χ0) is 13.9. The zero-order valence-electron chi connectivity index (χ0n) is 11.1. The van der Waals surface area contributed by atoms with Crippen molar-refractivity contribution >= 4 is 22.2 Å². The summed E-state index contributed by atoms with van der Waals surface area (Å²) < 4.78 is 13.8. The molecule has 0 saturated carbocycles. The average Bonchev–Trinajstić information content (AvgIpc) is 2.97. The van der Waals surface area contributed by atoms with Crippen LogP contribution < -0.4 is 15.5 Å². The van der Waals surface area contributed by atoms with Crippen molar-refractivity contribution in [3.8, 4) is 0 Å². The van der Waals surface area contributed by atoms with Crippen LogP contribution >= 0.6 is 11.3 Å². The second kappa shape index (κ2) is 5.76. The molecule has 1 aromatic carbocycles. The molecule has 2 N–H and O–H groups in total. The monoisotopic (exact) mass is 292 g/mol. The van der Waals surface area contributed by atoms with Crippen LogP contribution in [0.4, 0.5) is 15.2 Å². The predicted molar refractivity (Wildman–Crippen MR) is 80.8 cm³/mol. The third-order valence-electron chi connectivity index (χ3n) is 3.49. The van der Waals surface area contributed by atoms with Gasteiger partial charge in [-0.25, -0.2) is 9.37 Å². The van der Waals surface area contributed by atoms with Crippen molar-refractivity contribution in [2.75, 3.05) is 36.0 Å². The molecule has 4 nitrogen and oxygen atoms in total. The molecule has 3 rings (SSSR count). The van der Waals surface area contributed by atoms with Crippen LogP contribution in [0.2, 0.25) is 0 Å². The van der Waals surface area contributed by atoms with Crippen molar-refractivity contribution in [2.24, 2.45) is 5.73 Å². The Morgan fingerprint density at radius 2 is 1.85 bits per heavy atom. The molecular formula is C14H17FN4S. The van der Waals surface area contributed by atoms with Crippen LogP contribution in [0, 0.1) is 5.82 Å². The lowest BCUT2D eigenvalue weighted by Gasteiger charge is -2.36. The zero-order valence-corrected chi connectivity index (χ0v) is 11.9. The van der Waals surface area contributed by atoms with Crippen LogP contribution in [0.5, 0.6) is 0 Å². The molecule has 1 aliphatic heterocycles. The number of halogens is 1. The van der Waals surface area contributed by atoms with E-state index in [1.165, 1.54) is 6.07 Å². The topological polar surface area (TPSA) is 45.4 Å². The summed E-state index contributed by atoms with van der Waals surface area (Å²) in [5.74, 6) is -0.152. The van der Waals surface area contributed by atoms with Gasteiger partial charge < -0.3 is 15.5 Å². The first-order chi connectivity index (χ1) is 9.78. The van der Waals surface area contributed by atoms with E-state index < -0.39 is 0 Å². The number of anilines is 2. The fraction of sp³-hybridized carbons (Fsp3) is 0.357. The Bertz CT molecular complexity index is 578. The number of piperazine rings is 1. The molecule has 20 heavy (non-hydrogen) atoms. The van der Waals surface area contributed by atoms with Gasteiger partial charge in [0, 0.05) is 43.8 Å². The predicted octanol–water partition coefficient (Wildman–Crippen LogP) is 2.07. The molecule has 0 radical (unpaired) electrons. The summed E-state index contributed by atoms with van der Waals surface area (Å²) in [5.41, 5.74) is 6.30. The summed E-state index contributed by atoms with van der Waals surface area (Å²) in [6, 6.07) is 6.94. The molecule has 2 heterocycles. The molecule has 0 atom stereocenters. The fourth-order valence-electron chi connectivity index (χ4n) is 2.38. The lowest BCUT2D eigenvalue weighted by atomic mass is 10.2. The lowest BCUT2D eigenvalue weighted by molar-refractivity contribution is 0.597. The minimum absolute atomic E-state index is 0.152. The van der Waals surface area contributed by atoms with Crippen LogP contribution in [0.1, 0.15) is 4.88 Å². The van der Waals surface area contributed by atoms with Crippen molar-refractivity contribution in [1.82, 2.24) is 4.98 Å². The molecule has 0 bridgehead atoms. The van der Waals surface area contributed by atoms with Gasteiger partial charge >= 0.3 is 0 Å². The fourth-order valence-corrected chi connectivity index (χ4v) is 3.22. The van der Waals surface area contributed by atoms with E-state index in [0.29, 0.717) is 12.2 Å². The highest BCUT2D eigenvalue weighted by Crippen LogP contribution is 2.25. The first-order valence-corrected chi connectivity index (χ1v) is 7.49. The SMILES string of the molecule is NCc1cnc(N2CCN(c3ccccc3F)CC2)s1. The number of nitrogens with two attached hydrogens (primary N) is 1. The molecule has 0 spiro atoms. The van der Waals surface area contributed by atoms with Gasteiger partial charge in [-0.2, -0.15) is 0 Å². The van der Waals surface area contributed by atoms with Gasteiger partial charge in [0.2, 0.25) is 0 Å². The molecule has 0 aliphatic carbocycles. The van der Waals surface area contributed by atoms with Gasteiger partial charge in [0.15, 0.2) is 5.13 Å². The van der Waals surface area contributed by atoms with Crippen molar-refractivity contribution in [2.45, 2.75) is 6.54 Å². The number of benzene rings is 1. The van der Waals surface area contributed by atoms with E-state index in [2.05, 4.69) is 14.8 Å². The summed E-state index contributed by atoms with van der Waals surface area (Å²) in [4.78, 5) is 9.82. The molecule has 106 valence electrons. The maximum atomic E-state index is 13.8. The summed E-state index contributed by atoms with van der Waals surface area (Å²) in [6.07, 6.45) is 1.84. The van der Waals surface area contributed by atoms with Gasteiger partial charge in [0.05, 0.1) is 5.69 Å². The summed E-state index contributed by atoms with van der Waals surface area (Å²) in [7, 11) is 0. The summed E-state index contributed by atoms with van der Waals surface area (Å²) >= 11 is 1.64. The first-order valence-electron chi connectivity index (χ1n) is 6.67. The Morgan fingerprint density at radius 3 is 2.50 bits per heavy atom. The van der Waals surface area contributed by atoms with Crippen LogP contribution in [-0.2, 0) is 6.54 Å². The Labute approximate surface area is 121 Å². The minimum Gasteiger partial charge on any atom is -0.366 e. The highest BCUT2D eigenvalue weighted by atomic mass is 32.1. The van der Waals surface area contributed by atoms with Gasteiger partial charge in [-0.15, -0.1) is 11.3 Å². The molecule has 0 amide bonds. The van der Waals surface area contributed by atoms with E-state index in [-0.39, 0.29) is 5.82 Å². The number of aromatic nitrogens is 1. The van der Waals surface area contributed by atoms with Gasteiger partial charge in [-0.1, -0.05) is 12.1 Å². The van der Waals surface area contributed by atoms with E-state index in [1.807, 2.05) is 18.3 Å². The van der Waals surface area contributed by atoms with Crippen molar-refractivity contribution in [3.63, 3.8) is 0 Å². The van der Waals surface area contributed by atoms with Crippen molar-refractivity contribution in [3.05, 3.63) is 41.2 Å². The second-order valence-corrected chi connectivity index (χ2v) is 5.83. The van der Waals surface area contributed by atoms with Crippen LogP contribution in [0.15, 0.2) is 30.5 Å². The third kappa shape index (κ3) is 2.62. The van der Waals surface area contributed by atoms with E-state index in [4.69, 9.17) is 5.73 Å². The number of hydrogen-bond acceptors (Lipinski definition) is 5. The summed E-state index contributed by atoms with van der Waals surface area (Å²) in [5, 5.41) is 1.01. The molecule has 2 aromatic rings. The molecule has 1 fully saturated rings.